The highest BCUT2D eigenvalue weighted by Gasteiger charge is 2.19. The number of aryl methyl sites for hydroxylation is 1. The number of nitrogens with zero attached hydrogens (tertiary/aromatic N) is 3. The number of rotatable bonds is 4. The molecule has 0 aliphatic carbocycles. The van der Waals surface area contributed by atoms with Crippen LogP contribution in [0.3, 0.4) is 0 Å². The molecule has 7 nitrogen and oxygen atoms in total. The number of hydrogen-bond donors (Lipinski definition) is 2. The second-order valence-corrected chi connectivity index (χ2v) is 6.41. The molecule has 0 radical (unpaired) electrons. The van der Waals surface area contributed by atoms with Crippen molar-refractivity contribution in [2.75, 3.05) is 5.32 Å². The van der Waals surface area contributed by atoms with Crippen LogP contribution in [0.25, 0.3) is 16.6 Å². The van der Waals surface area contributed by atoms with Crippen LogP contribution < -0.4 is 10.9 Å². The Kier molecular flexibility index (Phi) is 4.49. The zero-order chi connectivity index (χ0) is 19.7. The predicted molar refractivity (Wildman–Crippen MR) is 108 cm³/mol. The second-order valence-electron chi connectivity index (χ2n) is 6.41. The average Bonchev–Trinajstić information content (AvgIpc) is 3.04. The number of H-pyrrole nitrogens is 1. The molecule has 7 heteroatoms. The highest BCUT2D eigenvalue weighted by molar-refractivity contribution is 6.02. The molecule has 0 spiro atoms. The summed E-state index contributed by atoms with van der Waals surface area (Å²) in [6, 6.07) is 16.5. The molecule has 0 aliphatic rings. The fraction of sp³-hybridized carbons (Fsp3) is 0.143. The third kappa shape index (κ3) is 3.07. The number of carbonyl (C=O) groups is 1. The Bertz CT molecular complexity index is 1220. The number of fused-ring (bicyclic) bond motifs is 1. The fourth-order valence-corrected chi connectivity index (χ4v) is 3.14. The van der Waals surface area contributed by atoms with Gasteiger partial charge in [-0.25, -0.2) is 9.67 Å². The molecule has 0 saturated carbocycles. The molecule has 1 amide bonds. The Morgan fingerprint density at radius 1 is 1.11 bits per heavy atom. The lowest BCUT2D eigenvalue weighted by Gasteiger charge is -2.10. The maximum atomic E-state index is 12.9. The first-order valence-corrected chi connectivity index (χ1v) is 9.02. The van der Waals surface area contributed by atoms with Crippen molar-refractivity contribution in [1.82, 2.24) is 19.7 Å². The fourth-order valence-electron chi connectivity index (χ4n) is 3.14. The van der Waals surface area contributed by atoms with Crippen LogP contribution in [0.5, 0.6) is 0 Å². The van der Waals surface area contributed by atoms with Crippen molar-refractivity contribution in [1.29, 1.82) is 0 Å². The van der Waals surface area contributed by atoms with E-state index in [1.54, 1.807) is 28.9 Å². The van der Waals surface area contributed by atoms with E-state index in [2.05, 4.69) is 20.4 Å². The van der Waals surface area contributed by atoms with Crippen LogP contribution in [0, 0.1) is 6.92 Å². The summed E-state index contributed by atoms with van der Waals surface area (Å²) < 4.78 is 1.70. The number of para-hydroxylation sites is 2. The van der Waals surface area contributed by atoms with Crippen molar-refractivity contribution in [3.05, 3.63) is 82.0 Å². The molecule has 0 bridgehead atoms. The Balaban J connectivity index is 1.76. The van der Waals surface area contributed by atoms with E-state index in [-0.39, 0.29) is 11.4 Å². The number of amides is 1. The first-order chi connectivity index (χ1) is 13.6. The summed E-state index contributed by atoms with van der Waals surface area (Å²) in [4.78, 5) is 32.0. The van der Waals surface area contributed by atoms with E-state index < -0.39 is 5.91 Å². The average molecular weight is 373 g/mol. The number of nitrogens with one attached hydrogen (secondary N) is 2. The van der Waals surface area contributed by atoms with Gasteiger partial charge in [-0.05, 0) is 37.6 Å². The van der Waals surface area contributed by atoms with Gasteiger partial charge in [0.1, 0.15) is 5.82 Å². The minimum Gasteiger partial charge on any atom is -0.304 e. The molecule has 28 heavy (non-hydrogen) atoms. The van der Waals surface area contributed by atoms with E-state index >= 15 is 0 Å². The van der Waals surface area contributed by atoms with Crippen molar-refractivity contribution < 1.29 is 4.79 Å². The van der Waals surface area contributed by atoms with Gasteiger partial charge < -0.3 is 10.3 Å². The number of carbonyl (C=O) groups excluding carboxylic acids is 1. The quantitative estimate of drug-likeness (QED) is 0.574. The van der Waals surface area contributed by atoms with Crippen LogP contribution in [0.4, 0.5) is 5.82 Å². The molecule has 4 aromatic rings. The summed E-state index contributed by atoms with van der Waals surface area (Å²) in [5.74, 6) is 0.0245. The molecule has 0 unspecified atom stereocenters. The van der Waals surface area contributed by atoms with E-state index in [4.69, 9.17) is 0 Å². The van der Waals surface area contributed by atoms with Crippen molar-refractivity contribution >= 4 is 22.6 Å². The van der Waals surface area contributed by atoms with Crippen molar-refractivity contribution in [2.45, 2.75) is 20.3 Å². The van der Waals surface area contributed by atoms with Gasteiger partial charge in [0.15, 0.2) is 5.82 Å². The van der Waals surface area contributed by atoms with Crippen molar-refractivity contribution in [2.24, 2.45) is 0 Å². The summed E-state index contributed by atoms with van der Waals surface area (Å²) in [6.45, 7) is 3.93. The summed E-state index contributed by atoms with van der Waals surface area (Å²) in [7, 11) is 0. The Hall–Kier alpha value is -3.74. The van der Waals surface area contributed by atoms with E-state index in [1.165, 1.54) is 0 Å². The number of aromatic amines is 1. The largest absolute Gasteiger partial charge is 0.304 e. The topological polar surface area (TPSA) is 92.7 Å². The van der Waals surface area contributed by atoms with Crippen molar-refractivity contribution in [3.63, 3.8) is 0 Å². The minimum absolute atomic E-state index is 0.0399. The zero-order valence-electron chi connectivity index (χ0n) is 15.6. The predicted octanol–water partition coefficient (Wildman–Crippen LogP) is 3.23. The van der Waals surface area contributed by atoms with Gasteiger partial charge in [0.2, 0.25) is 0 Å². The number of aromatic nitrogens is 4. The third-order valence-corrected chi connectivity index (χ3v) is 4.62. The lowest BCUT2D eigenvalue weighted by molar-refractivity contribution is 0.101. The first kappa shape index (κ1) is 17.7. The van der Waals surface area contributed by atoms with Gasteiger partial charge in [0.25, 0.3) is 11.5 Å². The first-order valence-electron chi connectivity index (χ1n) is 9.02. The van der Waals surface area contributed by atoms with Gasteiger partial charge in [-0.3, -0.25) is 9.59 Å². The molecule has 4 rings (SSSR count). The van der Waals surface area contributed by atoms with Gasteiger partial charge in [-0.15, -0.1) is 0 Å². The Morgan fingerprint density at radius 2 is 1.82 bits per heavy atom. The van der Waals surface area contributed by atoms with Crippen LogP contribution in [-0.4, -0.2) is 25.7 Å². The molecule has 0 fully saturated rings. The lowest BCUT2D eigenvalue weighted by Crippen LogP contribution is -2.22. The molecule has 140 valence electrons. The third-order valence-electron chi connectivity index (χ3n) is 4.62. The molecule has 0 atom stereocenters. The van der Waals surface area contributed by atoms with Gasteiger partial charge in [-0.2, -0.15) is 5.10 Å². The van der Waals surface area contributed by atoms with Gasteiger partial charge in [0, 0.05) is 5.56 Å². The summed E-state index contributed by atoms with van der Waals surface area (Å²) in [5.41, 5.74) is 2.72. The van der Waals surface area contributed by atoms with Crippen LogP contribution >= 0.6 is 0 Å². The zero-order valence-corrected chi connectivity index (χ0v) is 15.6. The normalized spacial score (nSPS) is 10.9. The van der Waals surface area contributed by atoms with E-state index in [0.29, 0.717) is 16.7 Å². The standard InChI is InChI=1S/C21H19N5O2/c1-3-16-13(2)19(26(25-16)14-9-5-4-6-10-14)24-21(28)18-22-17-12-8-7-11-15(17)20(27)23-18/h4-12H,3H2,1-2H3,(H,24,28)(H,22,23,27). The smallest absolute Gasteiger partial charge is 0.292 e. The highest BCUT2D eigenvalue weighted by atomic mass is 16.2. The highest BCUT2D eigenvalue weighted by Crippen LogP contribution is 2.24. The van der Waals surface area contributed by atoms with Crippen LogP contribution in [0.1, 0.15) is 28.8 Å². The lowest BCUT2D eigenvalue weighted by atomic mass is 10.2. The summed E-state index contributed by atoms with van der Waals surface area (Å²) >= 11 is 0. The summed E-state index contributed by atoms with van der Waals surface area (Å²) in [6.07, 6.45) is 0.736. The molecule has 2 aromatic heterocycles. The second kappa shape index (κ2) is 7.11. The maximum Gasteiger partial charge on any atom is 0.292 e. The van der Waals surface area contributed by atoms with E-state index in [0.717, 1.165) is 23.4 Å². The van der Waals surface area contributed by atoms with E-state index in [9.17, 15) is 9.59 Å². The Labute approximate surface area is 161 Å². The number of hydrogen-bond acceptors (Lipinski definition) is 4. The maximum absolute atomic E-state index is 12.9. The van der Waals surface area contributed by atoms with Crippen molar-refractivity contribution in [3.8, 4) is 5.69 Å². The molecule has 2 N–H and O–H groups in total. The van der Waals surface area contributed by atoms with Gasteiger partial charge in [-0.1, -0.05) is 37.3 Å². The minimum atomic E-state index is -0.495. The van der Waals surface area contributed by atoms with Crippen LogP contribution in [0.15, 0.2) is 59.4 Å². The Morgan fingerprint density at radius 3 is 2.57 bits per heavy atom. The van der Waals surface area contributed by atoms with Gasteiger partial charge >= 0.3 is 0 Å². The molecule has 0 saturated heterocycles. The molecule has 2 heterocycles. The molecular formula is C21H19N5O2. The van der Waals surface area contributed by atoms with Crippen LogP contribution in [0.2, 0.25) is 0 Å². The van der Waals surface area contributed by atoms with Crippen LogP contribution in [-0.2, 0) is 6.42 Å². The summed E-state index contributed by atoms with van der Waals surface area (Å²) in [5, 5.41) is 7.93. The molecule has 2 aromatic carbocycles. The van der Waals surface area contributed by atoms with E-state index in [1.807, 2.05) is 44.2 Å². The van der Waals surface area contributed by atoms with Gasteiger partial charge in [0.05, 0.1) is 22.3 Å². The number of anilines is 1. The molecular weight excluding hydrogens is 354 g/mol. The number of benzene rings is 2. The molecule has 0 aliphatic heterocycles. The SMILES string of the molecule is CCc1nn(-c2ccccc2)c(NC(=O)c2nc3ccccc3c(=O)[nH]2)c1C. The monoisotopic (exact) mass is 373 g/mol.